The summed E-state index contributed by atoms with van der Waals surface area (Å²) in [4.78, 5) is 82.6. The number of halogens is 1. The van der Waals surface area contributed by atoms with Crippen LogP contribution in [0.5, 0.6) is 46.0 Å². The number of aryl methyl sites for hydroxylation is 3. The quantitative estimate of drug-likeness (QED) is 0.0211. The Morgan fingerprint density at radius 3 is 0.692 bits per heavy atom. The van der Waals surface area contributed by atoms with Crippen LogP contribution >= 0.6 is 58.6 Å². The van der Waals surface area contributed by atoms with Crippen LogP contribution in [0.25, 0.3) is 45.6 Å². The predicted octanol–water partition coefficient (Wildman–Crippen LogP) is 19.1. The average molecular weight is 1690 g/mol. The number of ether oxygens (including phenoxy) is 4. The van der Waals surface area contributed by atoms with Crippen LogP contribution < -0.4 is 40.2 Å². The normalized spacial score (nSPS) is 10.6. The summed E-state index contributed by atoms with van der Waals surface area (Å²) in [7, 11) is 0. The number of aromatic nitrogens is 16. The fraction of sp³-hybridized carbons (Fsp3) is 0.0805. The lowest BCUT2D eigenvalue weighted by Crippen LogP contribution is -2.14. The topological polar surface area (TPSA) is 371 Å². The Morgan fingerprint density at radius 1 is 0.292 bits per heavy atom. The van der Waals surface area contributed by atoms with E-state index in [2.05, 4.69) is 102 Å². The minimum absolute atomic E-state index is 0.139. The summed E-state index contributed by atoms with van der Waals surface area (Å²) in [6.45, 7) is 6.09. The summed E-state index contributed by atoms with van der Waals surface area (Å²) in [5.41, 5.74) is 9.66. The first kappa shape index (κ1) is 83.6. The number of aromatic amines is 4. The van der Waals surface area contributed by atoms with Gasteiger partial charge in [-0.05, 0) is 227 Å². The molecular formula is C87H73ClN20O8S4. The molecule has 8 N–H and O–H groups in total. The van der Waals surface area contributed by atoms with Crippen molar-refractivity contribution in [1.29, 1.82) is 0 Å². The first-order valence-electron chi connectivity index (χ1n) is 36.7. The lowest BCUT2D eigenvalue weighted by Gasteiger charge is -2.08. The Balaban J connectivity index is 0.000000138. The first-order chi connectivity index (χ1) is 58.6. The molecule has 0 saturated carbocycles. The van der Waals surface area contributed by atoms with Gasteiger partial charge in [-0.3, -0.25) is 59.5 Å². The predicted molar refractivity (Wildman–Crippen MR) is 467 cm³/mol. The Bertz CT molecular complexity index is 5190. The smallest absolute Gasteiger partial charge is 0.234 e. The van der Waals surface area contributed by atoms with Crippen LogP contribution in [0.1, 0.15) is 16.7 Å². The van der Waals surface area contributed by atoms with Crippen molar-refractivity contribution in [2.24, 2.45) is 0 Å². The molecule has 0 bridgehead atoms. The van der Waals surface area contributed by atoms with Gasteiger partial charge in [0.05, 0.1) is 23.0 Å². The number of amides is 4. The second-order valence-corrected chi connectivity index (χ2v) is 29.8. The summed E-state index contributed by atoms with van der Waals surface area (Å²) < 4.78 is 23.1. The van der Waals surface area contributed by atoms with Crippen molar-refractivity contribution >= 4 is 105 Å². The SMILES string of the molecule is Cc1ccc(Oc2ccc(NC(=O)CSc3n[nH]c(-c4cccnc4)n3)cc2)cc1.Cc1ccc(Oc2ccc(NC(=O)CSc3n[nH]c(-c4cccnc4)n3)cc2)cc1.Cc1ccc(Oc2ccc(NC(=O)CSc3n[nH]c(-c4cccnc4)n3)cc2)cc1.O=C(CSc1n[nH]c(-c2cccnc2)n1)Nc1ccc(Oc2ccc(Cl)cc2)cc1. The molecule has 600 valence electrons. The van der Waals surface area contributed by atoms with Crippen LogP contribution in [-0.4, -0.2) is 127 Å². The zero-order chi connectivity index (χ0) is 83.0. The van der Waals surface area contributed by atoms with E-state index < -0.39 is 0 Å². The number of carbonyl (C=O) groups excluding carboxylic acids is 4. The molecule has 0 aliphatic heterocycles. The molecule has 120 heavy (non-hydrogen) atoms. The zero-order valence-electron chi connectivity index (χ0n) is 64.2. The lowest BCUT2D eigenvalue weighted by atomic mass is 10.2. The molecule has 0 aliphatic rings. The zero-order valence-corrected chi connectivity index (χ0v) is 68.2. The van der Waals surface area contributed by atoms with Crippen molar-refractivity contribution in [1.82, 2.24) is 80.7 Å². The number of carbonyl (C=O) groups is 4. The van der Waals surface area contributed by atoms with E-state index in [0.717, 1.165) is 39.5 Å². The largest absolute Gasteiger partial charge is 0.457 e. The van der Waals surface area contributed by atoms with Crippen molar-refractivity contribution in [2.75, 3.05) is 44.3 Å². The van der Waals surface area contributed by atoms with Crippen LogP contribution in [0, 0.1) is 20.8 Å². The van der Waals surface area contributed by atoms with Crippen molar-refractivity contribution in [3.63, 3.8) is 0 Å². The number of thioether (sulfide) groups is 4. The van der Waals surface area contributed by atoms with Crippen molar-refractivity contribution in [2.45, 2.75) is 41.4 Å². The second-order valence-electron chi connectivity index (χ2n) is 25.6. The average Bonchev–Trinajstić information content (AvgIpc) is 1.76. The summed E-state index contributed by atoms with van der Waals surface area (Å²) in [5, 5.41) is 42.0. The monoisotopic (exact) mass is 1690 g/mol. The number of hydrogen-bond acceptors (Lipinski definition) is 24. The van der Waals surface area contributed by atoms with Gasteiger partial charge in [-0.1, -0.05) is 112 Å². The van der Waals surface area contributed by atoms with Crippen LogP contribution in [0.3, 0.4) is 0 Å². The molecule has 33 heteroatoms. The highest BCUT2D eigenvalue weighted by atomic mass is 35.5. The van der Waals surface area contributed by atoms with E-state index in [1.54, 1.807) is 135 Å². The Kier molecular flexibility index (Phi) is 30.0. The maximum atomic E-state index is 12.2. The molecule has 8 aromatic heterocycles. The van der Waals surface area contributed by atoms with Gasteiger partial charge in [0.15, 0.2) is 23.3 Å². The molecule has 16 aromatic rings. The highest BCUT2D eigenvalue weighted by Crippen LogP contribution is 2.31. The van der Waals surface area contributed by atoms with Gasteiger partial charge in [0, 0.05) is 99.6 Å². The molecule has 8 heterocycles. The number of anilines is 4. The molecular weight excluding hydrogens is 1620 g/mol. The van der Waals surface area contributed by atoms with Crippen LogP contribution in [0.15, 0.2) is 313 Å². The third-order valence-electron chi connectivity index (χ3n) is 16.3. The van der Waals surface area contributed by atoms with Crippen LogP contribution in [0.2, 0.25) is 5.02 Å². The maximum absolute atomic E-state index is 12.2. The summed E-state index contributed by atoms with van der Waals surface area (Å²) in [5.74, 6) is 8.46. The van der Waals surface area contributed by atoms with Gasteiger partial charge in [0.2, 0.25) is 44.3 Å². The Morgan fingerprint density at radius 2 is 0.492 bits per heavy atom. The number of nitrogens with one attached hydrogen (secondary N) is 8. The Labute approximate surface area is 710 Å². The van der Waals surface area contributed by atoms with E-state index in [4.69, 9.17) is 30.5 Å². The van der Waals surface area contributed by atoms with Gasteiger partial charge in [-0.2, -0.15) is 0 Å². The molecule has 8 aromatic carbocycles. The van der Waals surface area contributed by atoms with Gasteiger partial charge in [-0.25, -0.2) is 19.9 Å². The molecule has 0 unspecified atom stereocenters. The van der Waals surface area contributed by atoms with E-state index in [-0.39, 0.29) is 46.6 Å². The molecule has 0 aliphatic carbocycles. The minimum atomic E-state index is -0.154. The van der Waals surface area contributed by atoms with Gasteiger partial charge in [0.1, 0.15) is 46.0 Å². The van der Waals surface area contributed by atoms with E-state index in [9.17, 15) is 19.2 Å². The first-order valence-corrected chi connectivity index (χ1v) is 41.0. The van der Waals surface area contributed by atoms with Gasteiger partial charge >= 0.3 is 0 Å². The molecule has 0 atom stereocenters. The molecule has 16 rings (SSSR count). The maximum Gasteiger partial charge on any atom is 0.234 e. The van der Waals surface area contributed by atoms with Gasteiger partial charge in [0.25, 0.3) is 0 Å². The van der Waals surface area contributed by atoms with Crippen molar-refractivity contribution < 1.29 is 38.1 Å². The fourth-order valence-electron chi connectivity index (χ4n) is 10.4. The number of benzene rings is 8. The van der Waals surface area contributed by atoms with Crippen LogP contribution in [0.4, 0.5) is 22.7 Å². The van der Waals surface area contributed by atoms with E-state index >= 15 is 0 Å². The standard InChI is InChI=1S/3C22H19N5O2S.C21H16ClN5O2S/c3*1-15-4-8-18(9-5-15)29-19-10-6-17(7-11-19)24-20(28)14-30-22-25-21(26-27-22)16-3-2-12-23-13-16;22-15-3-7-17(8-4-15)29-18-9-5-16(6-10-18)24-19(28)13-30-21-25-20(26-27-21)14-2-1-11-23-12-14/h3*2-13H,14H2,1H3,(H,24,28)(H,25,26,27);1-12H,13H2,(H,24,28)(H,25,26,27). The highest BCUT2D eigenvalue weighted by molar-refractivity contribution is 8.00. The molecule has 0 saturated heterocycles. The molecule has 0 spiro atoms. The molecule has 28 nitrogen and oxygen atoms in total. The van der Waals surface area contributed by atoms with Gasteiger partial charge < -0.3 is 40.2 Å². The second kappa shape index (κ2) is 43.1. The number of H-pyrrole nitrogens is 4. The van der Waals surface area contributed by atoms with E-state index in [0.29, 0.717) is 100 Å². The molecule has 4 amide bonds. The van der Waals surface area contributed by atoms with Crippen LogP contribution in [-0.2, 0) is 19.2 Å². The lowest BCUT2D eigenvalue weighted by molar-refractivity contribution is -0.114. The van der Waals surface area contributed by atoms with E-state index in [1.165, 1.54) is 63.7 Å². The minimum Gasteiger partial charge on any atom is -0.457 e. The Hall–Kier alpha value is -14.3. The summed E-state index contributed by atoms with van der Waals surface area (Å²) >= 11 is 10.9. The summed E-state index contributed by atoms with van der Waals surface area (Å²) in [6.07, 6.45) is 13.6. The number of nitrogens with zero attached hydrogens (tertiary/aromatic N) is 12. The fourth-order valence-corrected chi connectivity index (χ4v) is 12.9. The third kappa shape index (κ3) is 26.9. The number of rotatable bonds is 28. The number of pyridine rings is 4. The number of hydrogen-bond donors (Lipinski definition) is 8. The molecule has 0 fully saturated rings. The highest BCUT2D eigenvalue weighted by Gasteiger charge is 2.16. The third-order valence-corrected chi connectivity index (χ3v) is 19.9. The summed E-state index contributed by atoms with van der Waals surface area (Å²) in [6, 6.07) is 74.3. The van der Waals surface area contributed by atoms with Crippen molar-refractivity contribution in [3.05, 3.63) is 314 Å². The molecule has 0 radical (unpaired) electrons. The van der Waals surface area contributed by atoms with E-state index in [1.807, 2.05) is 178 Å². The van der Waals surface area contributed by atoms with Gasteiger partial charge in [-0.15, -0.1) is 20.4 Å². The van der Waals surface area contributed by atoms with Crippen molar-refractivity contribution in [3.8, 4) is 91.5 Å².